The smallest absolute Gasteiger partial charge is 0.273 e. The van der Waals surface area contributed by atoms with Crippen molar-refractivity contribution in [1.29, 1.82) is 0 Å². The average Bonchev–Trinajstić information content (AvgIpc) is 3.09. The van der Waals surface area contributed by atoms with Crippen LogP contribution in [0.3, 0.4) is 0 Å². The zero-order chi connectivity index (χ0) is 12.5. The van der Waals surface area contributed by atoms with Crippen molar-refractivity contribution >= 4 is 22.4 Å². The molecule has 18 heavy (non-hydrogen) atoms. The fraction of sp³-hybridized carbons (Fsp3) is 0.667. The highest BCUT2D eigenvalue weighted by Crippen LogP contribution is 2.22. The first kappa shape index (κ1) is 11.9. The fourth-order valence-corrected chi connectivity index (χ4v) is 3.42. The Labute approximate surface area is 111 Å². The third-order valence-electron chi connectivity index (χ3n) is 3.85. The molecule has 2 aliphatic heterocycles. The summed E-state index contributed by atoms with van der Waals surface area (Å²) < 4.78 is 0. The van der Waals surface area contributed by atoms with Crippen LogP contribution in [0.2, 0.25) is 0 Å². The van der Waals surface area contributed by atoms with Gasteiger partial charge in [0.25, 0.3) is 5.91 Å². The van der Waals surface area contributed by atoms with Crippen LogP contribution in [0.15, 0.2) is 5.38 Å². The molecule has 1 unspecified atom stereocenters. The Bertz CT molecular complexity index is 441. The number of nitrogens with two attached hydrogens (primary N) is 1. The van der Waals surface area contributed by atoms with Gasteiger partial charge in [-0.15, -0.1) is 11.3 Å². The molecule has 2 fully saturated rings. The van der Waals surface area contributed by atoms with E-state index in [2.05, 4.69) is 9.88 Å². The van der Waals surface area contributed by atoms with E-state index in [1.807, 2.05) is 4.90 Å². The molecule has 1 amide bonds. The molecule has 0 aromatic carbocycles. The number of carbonyl (C=O) groups is 1. The molecular weight excluding hydrogens is 248 g/mol. The maximum absolute atomic E-state index is 12.2. The highest BCUT2D eigenvalue weighted by atomic mass is 32.1. The van der Waals surface area contributed by atoms with Crippen molar-refractivity contribution in [3.8, 4) is 0 Å². The molecule has 2 saturated heterocycles. The molecule has 3 heterocycles. The molecular formula is C12H18N4OS. The van der Waals surface area contributed by atoms with E-state index in [9.17, 15) is 4.79 Å². The first-order chi connectivity index (χ1) is 8.74. The third kappa shape index (κ3) is 2.22. The van der Waals surface area contributed by atoms with Gasteiger partial charge in [0.1, 0.15) is 5.69 Å². The lowest BCUT2D eigenvalue weighted by molar-refractivity contribution is 0.0775. The Morgan fingerprint density at radius 2 is 2.17 bits per heavy atom. The lowest BCUT2D eigenvalue weighted by atomic mass is 10.2. The van der Waals surface area contributed by atoms with E-state index < -0.39 is 0 Å². The van der Waals surface area contributed by atoms with Crippen molar-refractivity contribution in [3.63, 3.8) is 0 Å². The van der Waals surface area contributed by atoms with Crippen molar-refractivity contribution in [2.24, 2.45) is 0 Å². The number of amides is 1. The summed E-state index contributed by atoms with van der Waals surface area (Å²) in [5.74, 6) is 0.0321. The first-order valence-corrected chi connectivity index (χ1v) is 7.36. The van der Waals surface area contributed by atoms with E-state index >= 15 is 0 Å². The predicted octanol–water partition coefficient (Wildman–Crippen LogP) is 1.04. The number of carbonyl (C=O) groups excluding carboxylic acids is 1. The van der Waals surface area contributed by atoms with Crippen LogP contribution in [0.25, 0.3) is 0 Å². The molecule has 1 atom stereocenters. The van der Waals surface area contributed by atoms with Gasteiger partial charge in [0, 0.05) is 24.5 Å². The van der Waals surface area contributed by atoms with Gasteiger partial charge in [0.2, 0.25) is 0 Å². The van der Waals surface area contributed by atoms with Gasteiger partial charge >= 0.3 is 0 Å². The zero-order valence-corrected chi connectivity index (χ0v) is 11.2. The maximum Gasteiger partial charge on any atom is 0.273 e. The standard InChI is InChI=1S/C12H18N4OS/c13-12-14-10(8-18-12)11(17)16-6-3-9(7-16)15-4-1-2-5-15/h8-9H,1-7H2,(H2,13,14). The summed E-state index contributed by atoms with van der Waals surface area (Å²) >= 11 is 1.33. The topological polar surface area (TPSA) is 62.5 Å². The van der Waals surface area contributed by atoms with E-state index in [-0.39, 0.29) is 5.91 Å². The second-order valence-corrected chi connectivity index (χ2v) is 5.90. The summed E-state index contributed by atoms with van der Waals surface area (Å²) in [6.45, 7) is 4.07. The van der Waals surface area contributed by atoms with E-state index in [0.717, 1.165) is 19.5 Å². The normalized spacial score (nSPS) is 24.9. The summed E-state index contributed by atoms with van der Waals surface area (Å²) in [6.07, 6.45) is 3.69. The zero-order valence-electron chi connectivity index (χ0n) is 10.3. The number of nitrogen functional groups attached to an aromatic ring is 1. The molecule has 1 aromatic rings. The number of nitrogens with zero attached hydrogens (tertiary/aromatic N) is 3. The minimum atomic E-state index is 0.0321. The molecule has 5 nitrogen and oxygen atoms in total. The van der Waals surface area contributed by atoms with Gasteiger partial charge in [0.15, 0.2) is 5.13 Å². The van der Waals surface area contributed by atoms with Crippen LogP contribution in [-0.2, 0) is 0 Å². The Kier molecular flexibility index (Phi) is 3.22. The quantitative estimate of drug-likeness (QED) is 0.868. The minimum Gasteiger partial charge on any atom is -0.375 e. The molecule has 1 aromatic heterocycles. The van der Waals surface area contributed by atoms with Gasteiger partial charge in [-0.3, -0.25) is 9.69 Å². The van der Waals surface area contributed by atoms with Crippen molar-refractivity contribution in [2.45, 2.75) is 25.3 Å². The average molecular weight is 266 g/mol. The molecule has 0 spiro atoms. The van der Waals surface area contributed by atoms with E-state index in [1.54, 1.807) is 5.38 Å². The SMILES string of the molecule is Nc1nc(C(=O)N2CCC(N3CCCC3)C2)cs1. The maximum atomic E-state index is 12.2. The van der Waals surface area contributed by atoms with Crippen LogP contribution >= 0.6 is 11.3 Å². The monoisotopic (exact) mass is 266 g/mol. The number of hydrogen-bond donors (Lipinski definition) is 1. The summed E-state index contributed by atoms with van der Waals surface area (Å²) in [5.41, 5.74) is 6.07. The predicted molar refractivity (Wildman–Crippen MR) is 71.6 cm³/mol. The molecule has 0 bridgehead atoms. The van der Waals surface area contributed by atoms with E-state index in [4.69, 9.17) is 5.73 Å². The molecule has 98 valence electrons. The molecule has 0 aliphatic carbocycles. The van der Waals surface area contributed by atoms with Crippen molar-refractivity contribution < 1.29 is 4.79 Å². The largest absolute Gasteiger partial charge is 0.375 e. The Morgan fingerprint density at radius 1 is 1.39 bits per heavy atom. The van der Waals surface area contributed by atoms with Gasteiger partial charge in [-0.25, -0.2) is 4.98 Å². The van der Waals surface area contributed by atoms with Gasteiger partial charge in [-0.2, -0.15) is 0 Å². The number of thiazole rings is 1. The van der Waals surface area contributed by atoms with Crippen LogP contribution in [0.5, 0.6) is 0 Å². The van der Waals surface area contributed by atoms with Gasteiger partial charge in [-0.1, -0.05) is 0 Å². The molecule has 2 N–H and O–H groups in total. The Balaban J connectivity index is 1.63. The lowest BCUT2D eigenvalue weighted by Gasteiger charge is -2.23. The van der Waals surface area contributed by atoms with Crippen LogP contribution in [-0.4, -0.2) is 52.9 Å². The Morgan fingerprint density at radius 3 is 2.83 bits per heavy atom. The summed E-state index contributed by atoms with van der Waals surface area (Å²) in [4.78, 5) is 20.7. The van der Waals surface area contributed by atoms with Crippen LogP contribution in [0.4, 0.5) is 5.13 Å². The molecule has 3 rings (SSSR count). The highest BCUT2D eigenvalue weighted by molar-refractivity contribution is 7.13. The Hall–Kier alpha value is -1.14. The second-order valence-electron chi connectivity index (χ2n) is 5.01. The number of likely N-dealkylation sites (tertiary alicyclic amines) is 2. The minimum absolute atomic E-state index is 0.0321. The number of aromatic nitrogens is 1. The molecule has 6 heteroatoms. The van der Waals surface area contributed by atoms with E-state index in [1.165, 1.54) is 37.3 Å². The van der Waals surface area contributed by atoms with Gasteiger partial charge < -0.3 is 10.6 Å². The second kappa shape index (κ2) is 4.85. The molecule has 0 saturated carbocycles. The fourth-order valence-electron chi connectivity index (χ4n) is 2.88. The number of anilines is 1. The lowest BCUT2D eigenvalue weighted by Crippen LogP contribution is -2.37. The van der Waals surface area contributed by atoms with Crippen LogP contribution in [0.1, 0.15) is 29.8 Å². The summed E-state index contributed by atoms with van der Waals surface area (Å²) in [5, 5.41) is 2.22. The van der Waals surface area contributed by atoms with Crippen LogP contribution < -0.4 is 5.73 Å². The summed E-state index contributed by atoms with van der Waals surface area (Å²) in [7, 11) is 0. The summed E-state index contributed by atoms with van der Waals surface area (Å²) in [6, 6.07) is 0.549. The molecule has 2 aliphatic rings. The third-order valence-corrected chi connectivity index (χ3v) is 4.52. The van der Waals surface area contributed by atoms with Crippen molar-refractivity contribution in [3.05, 3.63) is 11.1 Å². The van der Waals surface area contributed by atoms with Gasteiger partial charge in [0.05, 0.1) is 0 Å². The van der Waals surface area contributed by atoms with Gasteiger partial charge in [-0.05, 0) is 32.4 Å². The first-order valence-electron chi connectivity index (χ1n) is 6.48. The van der Waals surface area contributed by atoms with Crippen molar-refractivity contribution in [2.75, 3.05) is 31.9 Å². The number of rotatable bonds is 2. The highest BCUT2D eigenvalue weighted by Gasteiger charge is 2.32. The van der Waals surface area contributed by atoms with Crippen molar-refractivity contribution in [1.82, 2.24) is 14.8 Å². The number of hydrogen-bond acceptors (Lipinski definition) is 5. The van der Waals surface area contributed by atoms with Crippen LogP contribution in [0, 0.1) is 0 Å². The van der Waals surface area contributed by atoms with E-state index in [0.29, 0.717) is 16.9 Å². The molecule has 0 radical (unpaired) electrons.